The second-order valence-corrected chi connectivity index (χ2v) is 17.3. The van der Waals surface area contributed by atoms with E-state index in [0.717, 1.165) is 0 Å². The number of aromatic nitrogens is 1. The van der Waals surface area contributed by atoms with Gasteiger partial charge in [0, 0.05) is 45.0 Å². The predicted molar refractivity (Wildman–Crippen MR) is 274 cm³/mol. The van der Waals surface area contributed by atoms with E-state index in [1.807, 2.05) is 18.2 Å². The maximum atomic E-state index is 13.1. The topological polar surface area (TPSA) is 486 Å². The van der Waals surface area contributed by atoms with Gasteiger partial charge in [0.05, 0.1) is 67.5 Å². The fourth-order valence-corrected chi connectivity index (χ4v) is 7.80. The number of rotatable bonds is 17. The Kier molecular flexibility index (Phi) is 24.3. The zero-order valence-corrected chi connectivity index (χ0v) is 41.1. The third-order valence-electron chi connectivity index (χ3n) is 12.1. The molecule has 0 spiro atoms. The van der Waals surface area contributed by atoms with Crippen molar-refractivity contribution < 1.29 is 106 Å². The molecule has 8 rings (SSSR count). The van der Waals surface area contributed by atoms with Gasteiger partial charge in [0.15, 0.2) is 23.6 Å². The van der Waals surface area contributed by atoms with Crippen LogP contribution in [-0.4, -0.2) is 222 Å². The van der Waals surface area contributed by atoms with Gasteiger partial charge in [0.2, 0.25) is 0 Å². The van der Waals surface area contributed by atoms with E-state index in [4.69, 9.17) is 81.7 Å². The van der Waals surface area contributed by atoms with Crippen molar-refractivity contribution in [2.75, 3.05) is 33.0 Å². The summed E-state index contributed by atoms with van der Waals surface area (Å²) in [4.78, 5) is 60.4. The first-order valence-electron chi connectivity index (χ1n) is 23.5. The van der Waals surface area contributed by atoms with Gasteiger partial charge in [-0.25, -0.2) is 4.79 Å². The summed E-state index contributed by atoms with van der Waals surface area (Å²) >= 11 is 0. The van der Waals surface area contributed by atoms with Crippen molar-refractivity contribution in [3.05, 3.63) is 140 Å². The molecule has 0 bridgehead atoms. The Bertz CT molecular complexity index is 3100. The molecule has 2 aliphatic rings. The number of ketones is 2. The van der Waals surface area contributed by atoms with E-state index < -0.39 is 111 Å². The number of oxime groups is 1. The van der Waals surface area contributed by atoms with E-state index in [-0.39, 0.29) is 30.9 Å². The number of aldehydes is 1. The molecular weight excluding hydrogens is 1030 g/mol. The van der Waals surface area contributed by atoms with Crippen LogP contribution in [0.2, 0.25) is 0 Å². The van der Waals surface area contributed by atoms with Gasteiger partial charge in [0.1, 0.15) is 67.1 Å². The van der Waals surface area contributed by atoms with E-state index in [9.17, 15) is 39.3 Å². The molecule has 26 nitrogen and oxygen atoms in total. The van der Waals surface area contributed by atoms with Gasteiger partial charge in [-0.2, -0.15) is 0 Å². The molecule has 78 heavy (non-hydrogen) atoms. The van der Waals surface area contributed by atoms with Crippen LogP contribution in [0.3, 0.4) is 0 Å². The minimum Gasteiger partial charge on any atom is -0.421 e. The highest BCUT2D eigenvalue weighted by atomic mass is 16.4. The first-order valence-corrected chi connectivity index (χ1v) is 23.5. The number of pyridine rings is 1. The van der Waals surface area contributed by atoms with E-state index in [1.54, 1.807) is 78.9 Å². The van der Waals surface area contributed by atoms with Gasteiger partial charge in [-0.15, -0.1) is 0 Å². The summed E-state index contributed by atoms with van der Waals surface area (Å²) in [5.41, 5.74) is 7.74. The standard InChI is InChI=1S/C21H19NO6.C16H8O3.C5H11NO5.C5H13NO4.C5H10O5/c23-10-16(25)20(27)15(24)9-22-18-12-6-2-3-7-13(12)19(26)17(18)11-5-1-4-8-14(11)21(22)28;17-14-10-6-2-3-7-11(10)15-13(14)9-5-1-4-8-12(9)16(18)19-15;7-2-4(9)5(10)3(8)1-6-11;2*6-1-3(8)5(10)4(9)2-7/h1-8,15-16,20,23-25,27H,9-10H2;1-8H;1,3-5,7-11H,2H2;3-5,7-10H,1-2,6H2;1,3-5,7-10H,2H2/b;;6-1+;;/t15-,16-,20+;;3*3-,4-,5+/m1.111/s1. The van der Waals surface area contributed by atoms with Crippen LogP contribution in [-0.2, 0) is 11.3 Å². The summed E-state index contributed by atoms with van der Waals surface area (Å²) in [5, 5.41) is 155. The molecule has 422 valence electrons. The number of hydrogen-bond acceptors (Lipinski definition) is 25. The monoisotopic (exact) mass is 1100 g/mol. The fourth-order valence-electron chi connectivity index (χ4n) is 7.80. The van der Waals surface area contributed by atoms with E-state index >= 15 is 0 Å². The van der Waals surface area contributed by atoms with Crippen LogP contribution in [0.1, 0.15) is 31.8 Å². The van der Waals surface area contributed by atoms with Crippen molar-refractivity contribution in [3.8, 4) is 22.6 Å². The number of aliphatic hydroxyl groups is 16. The third-order valence-corrected chi connectivity index (χ3v) is 12.1. The van der Waals surface area contributed by atoms with Crippen LogP contribution < -0.4 is 16.9 Å². The van der Waals surface area contributed by atoms with Crippen LogP contribution in [0, 0.1) is 0 Å². The summed E-state index contributed by atoms with van der Waals surface area (Å²) in [6.07, 6.45) is -17.0. The Labute approximate surface area is 441 Å². The van der Waals surface area contributed by atoms with Crippen molar-refractivity contribution in [2.45, 2.75) is 79.8 Å². The number of nitrogens with two attached hydrogens (primary N) is 1. The zero-order chi connectivity index (χ0) is 58.1. The molecule has 0 aliphatic heterocycles. The van der Waals surface area contributed by atoms with Crippen LogP contribution in [0.5, 0.6) is 0 Å². The molecule has 2 heterocycles. The molecule has 26 heteroatoms. The third kappa shape index (κ3) is 14.6. The average Bonchev–Trinajstić information content (AvgIpc) is 4.16. The van der Waals surface area contributed by atoms with Crippen molar-refractivity contribution in [3.63, 3.8) is 0 Å². The van der Waals surface area contributed by atoms with Crippen molar-refractivity contribution in [1.29, 1.82) is 0 Å². The van der Waals surface area contributed by atoms with Crippen LogP contribution in [0.4, 0.5) is 0 Å². The van der Waals surface area contributed by atoms with Crippen molar-refractivity contribution in [1.82, 2.24) is 4.57 Å². The smallest absolute Gasteiger partial charge is 0.344 e. The maximum Gasteiger partial charge on any atom is 0.344 e. The highest BCUT2D eigenvalue weighted by Gasteiger charge is 2.35. The van der Waals surface area contributed by atoms with E-state index in [1.165, 1.54) is 4.57 Å². The lowest BCUT2D eigenvalue weighted by atomic mass is 10.0. The second kappa shape index (κ2) is 29.7. The summed E-state index contributed by atoms with van der Waals surface area (Å²) in [6, 6.07) is 27.9. The zero-order valence-electron chi connectivity index (χ0n) is 41.1. The predicted octanol–water partition coefficient (Wildman–Crippen LogP) is -4.91. The van der Waals surface area contributed by atoms with Gasteiger partial charge in [-0.3, -0.25) is 14.4 Å². The normalized spacial score (nSPS) is 16.7. The molecule has 4 aromatic carbocycles. The number of hydrogen-bond donors (Lipinski definition) is 18. The Morgan fingerprint density at radius 1 is 0.487 bits per heavy atom. The van der Waals surface area contributed by atoms with Gasteiger partial charge < -0.3 is 106 Å². The SMILES string of the molecule is NC[C@@H](O)[C@H](O)[C@H](O)CO.O=C1c2ccccc2-c2c1c1ccccc1c(=O)n2C[C@@H](O)[C@H](O)[C@H](O)CO.O=C1c2ccccc2-c2oc(=O)c3ccccc3c21.O=C[C@@H](O)[C@H](O)[C@H](O)CO.OC[C@@H](O)[C@@H](O)[C@H](O)/C=N/O. The Morgan fingerprint density at radius 3 is 1.37 bits per heavy atom. The molecule has 6 aromatic rings. The van der Waals surface area contributed by atoms with E-state index in [0.29, 0.717) is 72.6 Å². The molecule has 19 N–H and O–H groups in total. The molecule has 0 radical (unpaired) electrons. The number of nitrogens with zero attached hydrogens (tertiary/aromatic N) is 2. The highest BCUT2D eigenvalue weighted by Crippen LogP contribution is 2.40. The molecule has 2 aliphatic carbocycles. The molecule has 0 unspecified atom stereocenters. The lowest BCUT2D eigenvalue weighted by Gasteiger charge is -2.24. The van der Waals surface area contributed by atoms with Crippen molar-refractivity contribution in [2.24, 2.45) is 10.9 Å². The summed E-state index contributed by atoms with van der Waals surface area (Å²) < 4.78 is 6.62. The largest absolute Gasteiger partial charge is 0.421 e. The maximum absolute atomic E-state index is 13.1. The van der Waals surface area contributed by atoms with Crippen LogP contribution in [0.15, 0.2) is 116 Å². The first kappa shape index (κ1) is 63.6. The Hall–Kier alpha value is -6.90. The molecule has 0 saturated carbocycles. The molecule has 2 aromatic heterocycles. The summed E-state index contributed by atoms with van der Waals surface area (Å²) in [6.45, 7) is -3.16. The van der Waals surface area contributed by atoms with Crippen molar-refractivity contribution >= 4 is 45.6 Å². The van der Waals surface area contributed by atoms with Gasteiger partial charge >= 0.3 is 5.63 Å². The fraction of sp³-hybridized carbons (Fsp3) is 0.346. The summed E-state index contributed by atoms with van der Waals surface area (Å²) in [5.74, 6) is 0.107. The molecule has 0 saturated heterocycles. The number of aliphatic hydroxyl groups excluding tert-OH is 16. The van der Waals surface area contributed by atoms with Gasteiger partial charge in [0.25, 0.3) is 5.56 Å². The minimum atomic E-state index is -1.65. The Morgan fingerprint density at radius 2 is 0.885 bits per heavy atom. The van der Waals surface area contributed by atoms with Crippen LogP contribution >= 0.6 is 0 Å². The Balaban J connectivity index is 0.000000228. The minimum absolute atomic E-state index is 0.0782. The number of benzene rings is 4. The van der Waals surface area contributed by atoms with E-state index in [2.05, 4.69) is 5.16 Å². The highest BCUT2D eigenvalue weighted by molar-refractivity contribution is 6.27. The quantitative estimate of drug-likeness (QED) is 0.0176. The average molecular weight is 1100 g/mol. The molecule has 0 fully saturated rings. The molecule has 12 atom stereocenters. The molecular formula is C52H61N3O23. The summed E-state index contributed by atoms with van der Waals surface area (Å²) in [7, 11) is 0. The molecule has 0 amide bonds. The lowest BCUT2D eigenvalue weighted by Crippen LogP contribution is -2.43. The first-order chi connectivity index (χ1) is 37.1. The number of fused-ring (bicyclic) bond motifs is 10. The van der Waals surface area contributed by atoms with Crippen LogP contribution in [0.25, 0.3) is 44.1 Å². The van der Waals surface area contributed by atoms with Gasteiger partial charge in [-0.05, 0) is 12.1 Å². The second-order valence-electron chi connectivity index (χ2n) is 17.3. The van der Waals surface area contributed by atoms with Gasteiger partial charge in [-0.1, -0.05) is 90.1 Å². The number of carbonyl (C=O) groups is 3. The lowest BCUT2D eigenvalue weighted by molar-refractivity contribution is -0.127. The number of carbonyl (C=O) groups excluding carboxylic acids is 3.